The van der Waals surface area contributed by atoms with Gasteiger partial charge in [0.05, 0.1) is 13.2 Å². The third-order valence-corrected chi connectivity index (χ3v) is 4.92. The normalized spacial score (nSPS) is 12.3. The molecule has 0 radical (unpaired) electrons. The van der Waals surface area contributed by atoms with Crippen molar-refractivity contribution >= 4 is 15.9 Å². The molecule has 2 rings (SSSR count). The molecule has 0 saturated carbocycles. The van der Waals surface area contributed by atoms with Gasteiger partial charge < -0.3 is 10.1 Å². The first-order chi connectivity index (χ1) is 9.99. The molecule has 2 nitrogen and oxygen atoms in total. The molecule has 1 atom stereocenters. The van der Waals surface area contributed by atoms with Gasteiger partial charge in [0.25, 0.3) is 0 Å². The zero-order chi connectivity index (χ0) is 15.6. The summed E-state index contributed by atoms with van der Waals surface area (Å²) in [6, 6.07) is 10.9. The fraction of sp³-hybridized carbons (Fsp3) is 0.333. The molecule has 0 spiro atoms. The van der Waals surface area contributed by atoms with Gasteiger partial charge in [-0.3, -0.25) is 0 Å². The Morgan fingerprint density at radius 2 is 1.67 bits per heavy atom. The second-order valence-corrected chi connectivity index (χ2v) is 6.18. The van der Waals surface area contributed by atoms with Crippen molar-refractivity contribution in [2.45, 2.75) is 26.8 Å². The fourth-order valence-corrected chi connectivity index (χ4v) is 3.36. The number of aryl methyl sites for hydroxylation is 3. The molecule has 0 aromatic heterocycles. The molecule has 0 aliphatic rings. The quantitative estimate of drug-likeness (QED) is 0.865. The summed E-state index contributed by atoms with van der Waals surface area (Å²) >= 11 is 3.72. The number of ether oxygens (including phenoxy) is 1. The van der Waals surface area contributed by atoms with Gasteiger partial charge in [0.15, 0.2) is 0 Å². The van der Waals surface area contributed by atoms with Gasteiger partial charge in [-0.2, -0.15) is 0 Å². The van der Waals surface area contributed by atoms with Crippen LogP contribution in [-0.4, -0.2) is 14.2 Å². The van der Waals surface area contributed by atoms with Crippen LogP contribution in [0, 0.1) is 20.8 Å². The van der Waals surface area contributed by atoms with E-state index in [1.165, 1.54) is 16.7 Å². The average molecular weight is 348 g/mol. The molecule has 0 amide bonds. The molecule has 2 aromatic rings. The zero-order valence-corrected chi connectivity index (χ0v) is 14.8. The molecule has 2 aromatic carbocycles. The van der Waals surface area contributed by atoms with Crippen LogP contribution >= 0.6 is 15.9 Å². The minimum absolute atomic E-state index is 0.155. The summed E-state index contributed by atoms with van der Waals surface area (Å²) in [6.45, 7) is 6.30. The highest BCUT2D eigenvalue weighted by atomic mass is 79.9. The summed E-state index contributed by atoms with van der Waals surface area (Å²) in [5.74, 6) is 0.969. The Labute approximate surface area is 135 Å². The van der Waals surface area contributed by atoms with E-state index in [-0.39, 0.29) is 6.04 Å². The van der Waals surface area contributed by atoms with Crippen molar-refractivity contribution in [1.82, 2.24) is 5.32 Å². The van der Waals surface area contributed by atoms with Crippen molar-refractivity contribution in [3.05, 3.63) is 62.6 Å². The Morgan fingerprint density at radius 3 is 2.19 bits per heavy atom. The molecular weight excluding hydrogens is 326 g/mol. The van der Waals surface area contributed by atoms with Gasteiger partial charge in [-0.05, 0) is 55.6 Å². The zero-order valence-electron chi connectivity index (χ0n) is 13.3. The fourth-order valence-electron chi connectivity index (χ4n) is 2.87. The number of nitrogens with one attached hydrogen (secondary N) is 1. The van der Waals surface area contributed by atoms with Gasteiger partial charge in [0, 0.05) is 4.47 Å². The van der Waals surface area contributed by atoms with Gasteiger partial charge in [-0.15, -0.1) is 0 Å². The van der Waals surface area contributed by atoms with E-state index in [0.717, 1.165) is 21.3 Å². The molecule has 1 N–H and O–H groups in total. The Kier molecular flexibility index (Phi) is 5.07. The van der Waals surface area contributed by atoms with Crippen molar-refractivity contribution in [1.29, 1.82) is 0 Å². The summed E-state index contributed by atoms with van der Waals surface area (Å²) in [7, 11) is 3.72. The van der Waals surface area contributed by atoms with Crippen molar-refractivity contribution in [2.75, 3.05) is 14.2 Å². The van der Waals surface area contributed by atoms with Crippen LogP contribution < -0.4 is 10.1 Å². The molecule has 21 heavy (non-hydrogen) atoms. The number of benzene rings is 2. The maximum Gasteiger partial charge on any atom is 0.124 e. The Bertz CT molecular complexity index is 629. The molecule has 3 heteroatoms. The largest absolute Gasteiger partial charge is 0.496 e. The van der Waals surface area contributed by atoms with Crippen LogP contribution in [0.1, 0.15) is 33.9 Å². The predicted molar refractivity (Wildman–Crippen MR) is 92.2 cm³/mol. The lowest BCUT2D eigenvalue weighted by atomic mass is 9.94. The summed E-state index contributed by atoms with van der Waals surface area (Å²) in [6.07, 6.45) is 0. The van der Waals surface area contributed by atoms with Crippen LogP contribution in [0.25, 0.3) is 0 Å². The first-order valence-corrected chi connectivity index (χ1v) is 7.86. The van der Waals surface area contributed by atoms with Crippen molar-refractivity contribution < 1.29 is 4.74 Å². The second kappa shape index (κ2) is 6.63. The number of hydrogen-bond donors (Lipinski definition) is 1. The first kappa shape index (κ1) is 16.1. The molecule has 1 unspecified atom stereocenters. The monoisotopic (exact) mass is 347 g/mol. The van der Waals surface area contributed by atoms with Crippen molar-refractivity contribution in [2.24, 2.45) is 0 Å². The first-order valence-electron chi connectivity index (χ1n) is 7.07. The van der Waals surface area contributed by atoms with E-state index in [1.54, 1.807) is 7.11 Å². The van der Waals surface area contributed by atoms with Crippen LogP contribution in [0.2, 0.25) is 0 Å². The minimum atomic E-state index is 0.155. The Hall–Kier alpha value is -1.32. The molecule has 112 valence electrons. The van der Waals surface area contributed by atoms with Crippen LogP contribution in [0.5, 0.6) is 5.75 Å². The van der Waals surface area contributed by atoms with Gasteiger partial charge >= 0.3 is 0 Å². The Balaban J connectivity index is 2.54. The van der Waals surface area contributed by atoms with Crippen LogP contribution in [0.15, 0.2) is 34.8 Å². The second-order valence-electron chi connectivity index (χ2n) is 5.39. The van der Waals surface area contributed by atoms with Crippen LogP contribution in [0.3, 0.4) is 0 Å². The van der Waals surface area contributed by atoms with Crippen LogP contribution in [-0.2, 0) is 0 Å². The third kappa shape index (κ3) is 3.14. The highest BCUT2D eigenvalue weighted by Gasteiger charge is 2.18. The highest BCUT2D eigenvalue weighted by Crippen LogP contribution is 2.34. The van der Waals surface area contributed by atoms with E-state index >= 15 is 0 Å². The summed E-state index contributed by atoms with van der Waals surface area (Å²) in [5.41, 5.74) is 6.07. The third-order valence-electron chi connectivity index (χ3n) is 3.84. The lowest BCUT2D eigenvalue weighted by Gasteiger charge is -2.22. The van der Waals surface area contributed by atoms with Gasteiger partial charge in [0.1, 0.15) is 5.75 Å². The lowest BCUT2D eigenvalue weighted by molar-refractivity contribution is 0.408. The summed E-state index contributed by atoms with van der Waals surface area (Å²) in [4.78, 5) is 0. The standard InChI is InChI=1S/C18H22BrNO/c1-11-7-6-8-15(16(11)19)17(20-4)14-9-12(2)18(21-5)13(3)10-14/h6-10,17,20H,1-5H3. The molecule has 0 fully saturated rings. The molecule has 0 aliphatic heterocycles. The number of rotatable bonds is 4. The van der Waals surface area contributed by atoms with E-state index in [1.807, 2.05) is 7.05 Å². The minimum Gasteiger partial charge on any atom is -0.496 e. The summed E-state index contributed by atoms with van der Waals surface area (Å²) < 4.78 is 6.63. The van der Waals surface area contributed by atoms with Gasteiger partial charge in [-0.25, -0.2) is 0 Å². The smallest absolute Gasteiger partial charge is 0.124 e. The van der Waals surface area contributed by atoms with E-state index in [2.05, 4.69) is 72.3 Å². The molecule has 0 aliphatic carbocycles. The van der Waals surface area contributed by atoms with Crippen LogP contribution in [0.4, 0.5) is 0 Å². The maximum absolute atomic E-state index is 5.46. The number of methoxy groups -OCH3 is 1. The number of hydrogen-bond acceptors (Lipinski definition) is 2. The van der Waals surface area contributed by atoms with Gasteiger partial charge in [-0.1, -0.05) is 46.3 Å². The highest BCUT2D eigenvalue weighted by molar-refractivity contribution is 9.10. The topological polar surface area (TPSA) is 21.3 Å². The number of halogens is 1. The lowest BCUT2D eigenvalue weighted by Crippen LogP contribution is -2.19. The molecular formula is C18H22BrNO. The average Bonchev–Trinajstić information content (AvgIpc) is 2.44. The van der Waals surface area contributed by atoms with E-state index < -0.39 is 0 Å². The van der Waals surface area contributed by atoms with Crippen molar-refractivity contribution in [3.8, 4) is 5.75 Å². The van der Waals surface area contributed by atoms with E-state index in [4.69, 9.17) is 4.74 Å². The maximum atomic E-state index is 5.46. The van der Waals surface area contributed by atoms with E-state index in [0.29, 0.717) is 0 Å². The van der Waals surface area contributed by atoms with Gasteiger partial charge in [0.2, 0.25) is 0 Å². The molecule has 0 heterocycles. The molecule has 0 bridgehead atoms. The Morgan fingerprint density at radius 1 is 1.05 bits per heavy atom. The summed E-state index contributed by atoms with van der Waals surface area (Å²) in [5, 5.41) is 3.42. The predicted octanol–water partition coefficient (Wildman–Crippen LogP) is 4.69. The molecule has 0 saturated heterocycles. The van der Waals surface area contributed by atoms with E-state index in [9.17, 15) is 0 Å². The SMILES string of the molecule is CNC(c1cc(C)c(OC)c(C)c1)c1cccc(C)c1Br. The van der Waals surface area contributed by atoms with Crippen molar-refractivity contribution in [3.63, 3.8) is 0 Å².